The number of anilines is 1. The molecule has 1 aliphatic rings. The number of thiophene rings is 1. The maximum atomic E-state index is 12.7. The number of benzene rings is 2. The average molecular weight is 320 g/mol. The van der Waals surface area contributed by atoms with E-state index in [-0.39, 0.29) is 12.1 Å². The molecule has 3 nitrogen and oxygen atoms in total. The number of nitrogens with one attached hydrogen (secondary N) is 2. The molecule has 0 fully saturated rings. The Labute approximate surface area is 139 Å². The van der Waals surface area contributed by atoms with Crippen molar-refractivity contribution in [1.29, 1.82) is 0 Å². The molecule has 1 amide bonds. The number of hydrogen-bond donors (Lipinski definition) is 2. The fraction of sp³-hybridized carbons (Fsp3) is 0.105. The van der Waals surface area contributed by atoms with E-state index < -0.39 is 0 Å². The van der Waals surface area contributed by atoms with Crippen molar-refractivity contribution < 1.29 is 4.79 Å². The van der Waals surface area contributed by atoms with Gasteiger partial charge in [-0.15, -0.1) is 11.3 Å². The second kappa shape index (κ2) is 5.56. The first-order chi connectivity index (χ1) is 11.2. The number of amides is 1. The van der Waals surface area contributed by atoms with Gasteiger partial charge in [-0.05, 0) is 23.6 Å². The minimum Gasteiger partial charge on any atom is -0.353 e. The molecule has 2 heterocycles. The largest absolute Gasteiger partial charge is 0.353 e. The van der Waals surface area contributed by atoms with E-state index in [0.717, 1.165) is 32.8 Å². The molecule has 1 atom stereocenters. The number of aryl methyl sites for hydroxylation is 1. The number of carbonyl (C=O) groups excluding carboxylic acids is 1. The van der Waals surface area contributed by atoms with Crippen LogP contribution in [-0.4, -0.2) is 5.91 Å². The molecule has 0 saturated carbocycles. The molecular weight excluding hydrogens is 304 g/mol. The van der Waals surface area contributed by atoms with E-state index in [2.05, 4.69) is 23.6 Å². The summed E-state index contributed by atoms with van der Waals surface area (Å²) in [6, 6.07) is 18.1. The molecule has 0 saturated heterocycles. The zero-order valence-corrected chi connectivity index (χ0v) is 13.5. The van der Waals surface area contributed by atoms with Crippen LogP contribution in [0.5, 0.6) is 0 Å². The van der Waals surface area contributed by atoms with E-state index in [1.165, 1.54) is 0 Å². The summed E-state index contributed by atoms with van der Waals surface area (Å²) in [5.74, 6) is -0.0212. The van der Waals surface area contributed by atoms with Crippen molar-refractivity contribution in [3.05, 3.63) is 76.7 Å². The molecule has 23 heavy (non-hydrogen) atoms. The third-order valence-electron chi connectivity index (χ3n) is 4.15. The summed E-state index contributed by atoms with van der Waals surface area (Å²) in [5.41, 5.74) is 5.05. The predicted molar refractivity (Wildman–Crippen MR) is 94.8 cm³/mol. The fourth-order valence-corrected chi connectivity index (χ4v) is 3.95. The lowest BCUT2D eigenvalue weighted by molar-refractivity contribution is 0.0937. The van der Waals surface area contributed by atoms with Crippen LogP contribution in [0.2, 0.25) is 0 Å². The highest BCUT2D eigenvalue weighted by atomic mass is 32.1. The molecule has 1 unspecified atom stereocenters. The summed E-state index contributed by atoms with van der Waals surface area (Å²) in [6.45, 7) is 2.06. The molecule has 1 aliphatic heterocycles. The van der Waals surface area contributed by atoms with E-state index in [1.807, 2.05) is 53.9 Å². The highest BCUT2D eigenvalue weighted by molar-refractivity contribution is 7.15. The number of carbonyl (C=O) groups is 1. The lowest BCUT2D eigenvalue weighted by Crippen LogP contribution is -2.38. The minimum absolute atomic E-state index is 0.0212. The van der Waals surface area contributed by atoms with Gasteiger partial charge in [0.2, 0.25) is 0 Å². The second-order valence-corrected chi connectivity index (χ2v) is 6.51. The van der Waals surface area contributed by atoms with Crippen LogP contribution in [0.4, 0.5) is 5.00 Å². The Bertz CT molecular complexity index is 870. The van der Waals surface area contributed by atoms with Crippen LogP contribution in [0.25, 0.3) is 11.1 Å². The zero-order chi connectivity index (χ0) is 15.8. The Hall–Kier alpha value is -2.59. The molecule has 3 aromatic rings. The van der Waals surface area contributed by atoms with E-state index in [1.54, 1.807) is 11.3 Å². The smallest absolute Gasteiger partial charge is 0.256 e. The van der Waals surface area contributed by atoms with Crippen LogP contribution in [0.1, 0.15) is 27.7 Å². The first-order valence-electron chi connectivity index (χ1n) is 7.54. The van der Waals surface area contributed by atoms with Gasteiger partial charge in [-0.3, -0.25) is 4.79 Å². The van der Waals surface area contributed by atoms with Crippen molar-refractivity contribution in [2.75, 3.05) is 5.32 Å². The van der Waals surface area contributed by atoms with Gasteiger partial charge in [0.05, 0.1) is 5.56 Å². The summed E-state index contributed by atoms with van der Waals surface area (Å²) >= 11 is 1.58. The number of rotatable bonds is 2. The third-order valence-corrected chi connectivity index (χ3v) is 5.06. The topological polar surface area (TPSA) is 41.1 Å². The summed E-state index contributed by atoms with van der Waals surface area (Å²) < 4.78 is 0. The standard InChI is InChI=1S/C19H16N2OS/c1-12-7-5-6-10-14(12)17-20-18(22)16-15(11-23-19(16)21-17)13-8-3-2-4-9-13/h2-11,17,21H,1H3,(H,20,22). The predicted octanol–water partition coefficient (Wildman–Crippen LogP) is 4.58. The van der Waals surface area contributed by atoms with Gasteiger partial charge in [0.25, 0.3) is 5.91 Å². The highest BCUT2D eigenvalue weighted by Crippen LogP contribution is 2.39. The van der Waals surface area contributed by atoms with Gasteiger partial charge < -0.3 is 10.6 Å². The summed E-state index contributed by atoms with van der Waals surface area (Å²) in [5, 5.41) is 9.52. The summed E-state index contributed by atoms with van der Waals surface area (Å²) in [6.07, 6.45) is -0.182. The zero-order valence-electron chi connectivity index (χ0n) is 12.7. The normalized spacial score (nSPS) is 16.4. The fourth-order valence-electron chi connectivity index (χ4n) is 2.96. The molecule has 0 bridgehead atoms. The van der Waals surface area contributed by atoms with Crippen LogP contribution in [0.3, 0.4) is 0 Å². The van der Waals surface area contributed by atoms with Gasteiger partial charge in [-0.25, -0.2) is 0 Å². The van der Waals surface area contributed by atoms with Crippen LogP contribution < -0.4 is 10.6 Å². The molecule has 2 N–H and O–H groups in total. The third kappa shape index (κ3) is 2.41. The van der Waals surface area contributed by atoms with E-state index in [4.69, 9.17) is 0 Å². The Morgan fingerprint density at radius 1 is 0.957 bits per heavy atom. The van der Waals surface area contributed by atoms with Crippen molar-refractivity contribution in [1.82, 2.24) is 5.32 Å². The molecule has 0 radical (unpaired) electrons. The molecule has 114 valence electrons. The van der Waals surface area contributed by atoms with E-state index >= 15 is 0 Å². The van der Waals surface area contributed by atoms with Crippen LogP contribution in [0, 0.1) is 6.92 Å². The molecule has 0 spiro atoms. The molecule has 0 aliphatic carbocycles. The van der Waals surface area contributed by atoms with Crippen molar-refractivity contribution in [3.8, 4) is 11.1 Å². The van der Waals surface area contributed by atoms with Crippen molar-refractivity contribution >= 4 is 22.2 Å². The first kappa shape index (κ1) is 14.0. The molecule has 4 rings (SSSR count). The van der Waals surface area contributed by atoms with Gasteiger partial charge in [0.15, 0.2) is 0 Å². The maximum Gasteiger partial charge on any atom is 0.256 e. The Morgan fingerprint density at radius 2 is 1.70 bits per heavy atom. The second-order valence-electron chi connectivity index (χ2n) is 5.63. The average Bonchev–Trinajstić information content (AvgIpc) is 3.00. The van der Waals surface area contributed by atoms with E-state index in [9.17, 15) is 4.79 Å². The van der Waals surface area contributed by atoms with Crippen LogP contribution in [0.15, 0.2) is 60.0 Å². The Kier molecular flexibility index (Phi) is 3.39. The molecule has 4 heteroatoms. The van der Waals surface area contributed by atoms with Gasteiger partial charge in [-0.2, -0.15) is 0 Å². The van der Waals surface area contributed by atoms with Crippen molar-refractivity contribution in [2.24, 2.45) is 0 Å². The minimum atomic E-state index is -0.182. The van der Waals surface area contributed by atoms with Crippen LogP contribution in [-0.2, 0) is 0 Å². The van der Waals surface area contributed by atoms with Gasteiger partial charge >= 0.3 is 0 Å². The Morgan fingerprint density at radius 3 is 2.48 bits per heavy atom. The highest BCUT2D eigenvalue weighted by Gasteiger charge is 2.29. The number of hydrogen-bond acceptors (Lipinski definition) is 3. The quantitative estimate of drug-likeness (QED) is 0.726. The monoisotopic (exact) mass is 320 g/mol. The van der Waals surface area contributed by atoms with E-state index in [0.29, 0.717) is 0 Å². The SMILES string of the molecule is Cc1ccccc1C1NC(=O)c2c(-c3ccccc3)csc2N1. The lowest BCUT2D eigenvalue weighted by atomic mass is 10.0. The molecule has 1 aromatic heterocycles. The van der Waals surface area contributed by atoms with Gasteiger partial charge in [-0.1, -0.05) is 54.6 Å². The lowest BCUT2D eigenvalue weighted by Gasteiger charge is -2.27. The molecule has 2 aromatic carbocycles. The molecular formula is C19H16N2OS. The van der Waals surface area contributed by atoms with Crippen LogP contribution >= 0.6 is 11.3 Å². The van der Waals surface area contributed by atoms with Gasteiger partial charge in [0.1, 0.15) is 11.2 Å². The first-order valence-corrected chi connectivity index (χ1v) is 8.42. The Balaban J connectivity index is 1.74. The number of fused-ring (bicyclic) bond motifs is 1. The summed E-state index contributed by atoms with van der Waals surface area (Å²) in [7, 11) is 0. The summed E-state index contributed by atoms with van der Waals surface area (Å²) in [4.78, 5) is 12.7. The van der Waals surface area contributed by atoms with Crippen molar-refractivity contribution in [3.63, 3.8) is 0 Å². The van der Waals surface area contributed by atoms with Gasteiger partial charge in [0, 0.05) is 10.9 Å². The van der Waals surface area contributed by atoms with Crippen molar-refractivity contribution in [2.45, 2.75) is 13.1 Å². The maximum absolute atomic E-state index is 12.7.